The average Bonchev–Trinajstić information content (AvgIpc) is 3.12. The maximum atomic E-state index is 7.84. The standard InChI is InChI=1S/C22H20BrN3O/c23-14-10-19(27-11-14)21-16-7-5-12-3-1-2-4-15(12)20(16)17-9-13(22(24)25)6-8-18(17)26-21/h1-4,6,8-11,16,20-21,26H,5,7H2,(H3,24,25). The highest BCUT2D eigenvalue weighted by atomic mass is 79.9. The van der Waals surface area contributed by atoms with Crippen LogP contribution >= 0.6 is 15.9 Å². The molecule has 0 saturated carbocycles. The highest BCUT2D eigenvalue weighted by Gasteiger charge is 2.42. The molecule has 0 fully saturated rings. The topological polar surface area (TPSA) is 75.0 Å². The monoisotopic (exact) mass is 421 g/mol. The molecular formula is C22H20BrN3O. The summed E-state index contributed by atoms with van der Waals surface area (Å²) in [4.78, 5) is 0. The van der Waals surface area contributed by atoms with Gasteiger partial charge in [0.05, 0.1) is 10.5 Å². The van der Waals surface area contributed by atoms with Gasteiger partial charge in [0.25, 0.3) is 0 Å². The van der Waals surface area contributed by atoms with Crippen LogP contribution < -0.4 is 11.1 Å². The van der Waals surface area contributed by atoms with E-state index in [0.717, 1.165) is 34.3 Å². The quantitative estimate of drug-likeness (QED) is 0.393. The van der Waals surface area contributed by atoms with E-state index < -0.39 is 0 Å². The second-order valence-corrected chi connectivity index (χ2v) is 8.30. The van der Waals surface area contributed by atoms with Crippen molar-refractivity contribution in [1.82, 2.24) is 0 Å². The van der Waals surface area contributed by atoms with Gasteiger partial charge in [-0.15, -0.1) is 0 Å². The highest BCUT2D eigenvalue weighted by Crippen LogP contribution is 2.53. The molecule has 5 heteroatoms. The summed E-state index contributed by atoms with van der Waals surface area (Å²) >= 11 is 3.51. The summed E-state index contributed by atoms with van der Waals surface area (Å²) in [5.74, 6) is 1.71. The van der Waals surface area contributed by atoms with Crippen LogP contribution in [0.15, 0.2) is 63.7 Å². The van der Waals surface area contributed by atoms with E-state index in [4.69, 9.17) is 15.6 Å². The molecule has 136 valence electrons. The SMILES string of the molecule is N=C(N)c1ccc2c(c1)C1c3ccccc3CCC1C(c1cc(Br)co1)N2. The van der Waals surface area contributed by atoms with Crippen LogP contribution in [0.25, 0.3) is 0 Å². The molecular weight excluding hydrogens is 402 g/mol. The van der Waals surface area contributed by atoms with Crippen molar-refractivity contribution >= 4 is 27.5 Å². The Kier molecular flexibility index (Phi) is 3.86. The summed E-state index contributed by atoms with van der Waals surface area (Å²) in [6.07, 6.45) is 3.90. The summed E-state index contributed by atoms with van der Waals surface area (Å²) in [6, 6.07) is 16.9. The van der Waals surface area contributed by atoms with Gasteiger partial charge >= 0.3 is 0 Å². The summed E-state index contributed by atoms with van der Waals surface area (Å²) < 4.78 is 6.82. The normalized spacial score (nSPS) is 22.9. The summed E-state index contributed by atoms with van der Waals surface area (Å²) in [5.41, 5.74) is 11.7. The highest BCUT2D eigenvalue weighted by molar-refractivity contribution is 9.10. The first-order chi connectivity index (χ1) is 13.1. The van der Waals surface area contributed by atoms with Crippen LogP contribution in [0.4, 0.5) is 5.69 Å². The van der Waals surface area contributed by atoms with E-state index in [1.165, 1.54) is 16.7 Å². The number of rotatable bonds is 2. The van der Waals surface area contributed by atoms with E-state index in [1.54, 1.807) is 6.26 Å². The van der Waals surface area contributed by atoms with Crippen LogP contribution in [0.5, 0.6) is 0 Å². The molecule has 2 aliphatic rings. The van der Waals surface area contributed by atoms with Gasteiger partial charge in [-0.3, -0.25) is 5.41 Å². The van der Waals surface area contributed by atoms with E-state index in [2.05, 4.69) is 57.6 Å². The molecule has 2 aromatic carbocycles. The smallest absolute Gasteiger partial charge is 0.127 e. The Morgan fingerprint density at radius 2 is 2.00 bits per heavy atom. The van der Waals surface area contributed by atoms with Crippen LogP contribution in [0.3, 0.4) is 0 Å². The molecule has 4 nitrogen and oxygen atoms in total. The van der Waals surface area contributed by atoms with Crippen LogP contribution in [0, 0.1) is 11.3 Å². The fraction of sp³-hybridized carbons (Fsp3) is 0.227. The van der Waals surface area contributed by atoms with Gasteiger partial charge in [-0.2, -0.15) is 0 Å². The number of hydrogen-bond acceptors (Lipinski definition) is 3. The fourth-order valence-electron chi connectivity index (χ4n) is 4.71. The number of nitrogens with two attached hydrogens (primary N) is 1. The number of furan rings is 1. The zero-order chi connectivity index (χ0) is 18.5. The molecule has 1 aliphatic heterocycles. The Morgan fingerprint density at radius 1 is 1.15 bits per heavy atom. The largest absolute Gasteiger partial charge is 0.466 e. The number of amidine groups is 1. The van der Waals surface area contributed by atoms with Crippen molar-refractivity contribution in [2.75, 3.05) is 5.32 Å². The van der Waals surface area contributed by atoms with E-state index in [1.807, 2.05) is 12.1 Å². The molecule has 0 saturated heterocycles. The number of aryl methyl sites for hydroxylation is 1. The molecule has 0 bridgehead atoms. The number of nitrogen functional groups attached to an aromatic ring is 1. The number of anilines is 1. The third-order valence-corrected chi connectivity index (χ3v) is 6.31. The molecule has 4 N–H and O–H groups in total. The molecule has 3 unspecified atom stereocenters. The number of benzene rings is 2. The van der Waals surface area contributed by atoms with Gasteiger partial charge < -0.3 is 15.5 Å². The molecule has 27 heavy (non-hydrogen) atoms. The number of nitrogens with one attached hydrogen (secondary N) is 2. The number of halogens is 1. The lowest BCUT2D eigenvalue weighted by atomic mass is 9.66. The maximum Gasteiger partial charge on any atom is 0.127 e. The first-order valence-electron chi connectivity index (χ1n) is 9.18. The summed E-state index contributed by atoms with van der Waals surface area (Å²) in [5, 5.41) is 11.5. The zero-order valence-corrected chi connectivity index (χ0v) is 16.3. The van der Waals surface area contributed by atoms with Gasteiger partial charge in [0.15, 0.2) is 0 Å². The van der Waals surface area contributed by atoms with E-state index in [9.17, 15) is 0 Å². The minimum Gasteiger partial charge on any atom is -0.466 e. The van der Waals surface area contributed by atoms with Crippen molar-refractivity contribution in [3.05, 3.63) is 87.3 Å². The van der Waals surface area contributed by atoms with Crippen LogP contribution in [0.2, 0.25) is 0 Å². The molecule has 3 atom stereocenters. The van der Waals surface area contributed by atoms with Gasteiger partial charge in [-0.05, 0) is 75.6 Å². The molecule has 5 rings (SSSR count). The van der Waals surface area contributed by atoms with Crippen molar-refractivity contribution in [2.45, 2.75) is 24.8 Å². The Labute approximate surface area is 166 Å². The molecule has 1 aliphatic carbocycles. The van der Waals surface area contributed by atoms with Gasteiger partial charge in [0, 0.05) is 17.2 Å². The Hall–Kier alpha value is -2.53. The van der Waals surface area contributed by atoms with Crippen LogP contribution in [0.1, 0.15) is 46.4 Å². The molecule has 3 aromatic rings. The Bertz CT molecular complexity index is 1040. The molecule has 1 aromatic heterocycles. The average molecular weight is 422 g/mol. The second kappa shape index (κ2) is 6.27. The van der Waals surface area contributed by atoms with Crippen LogP contribution in [-0.4, -0.2) is 5.84 Å². The molecule has 0 spiro atoms. The maximum absolute atomic E-state index is 7.84. The molecule has 0 radical (unpaired) electrons. The Morgan fingerprint density at radius 3 is 2.78 bits per heavy atom. The van der Waals surface area contributed by atoms with Gasteiger partial charge in [0.2, 0.25) is 0 Å². The van der Waals surface area contributed by atoms with Crippen LogP contribution in [-0.2, 0) is 6.42 Å². The van der Waals surface area contributed by atoms with Gasteiger partial charge in [-0.1, -0.05) is 24.3 Å². The van der Waals surface area contributed by atoms with E-state index in [-0.39, 0.29) is 17.8 Å². The van der Waals surface area contributed by atoms with Gasteiger partial charge in [0.1, 0.15) is 17.9 Å². The predicted molar refractivity (Wildman–Crippen MR) is 110 cm³/mol. The summed E-state index contributed by atoms with van der Waals surface area (Å²) in [7, 11) is 0. The second-order valence-electron chi connectivity index (χ2n) is 7.38. The van der Waals surface area contributed by atoms with Crippen molar-refractivity contribution in [2.24, 2.45) is 11.7 Å². The first-order valence-corrected chi connectivity index (χ1v) is 9.98. The lowest BCUT2D eigenvalue weighted by Crippen LogP contribution is -2.35. The first kappa shape index (κ1) is 16.6. The number of hydrogen-bond donors (Lipinski definition) is 3. The van der Waals surface area contributed by atoms with Crippen molar-refractivity contribution in [1.29, 1.82) is 5.41 Å². The summed E-state index contributed by atoms with van der Waals surface area (Å²) in [6.45, 7) is 0. The zero-order valence-electron chi connectivity index (χ0n) is 14.7. The number of fused-ring (bicyclic) bond motifs is 5. The Balaban J connectivity index is 1.70. The molecule has 2 heterocycles. The minimum absolute atomic E-state index is 0.107. The lowest BCUT2D eigenvalue weighted by molar-refractivity contribution is 0.312. The lowest BCUT2D eigenvalue weighted by Gasteiger charge is -2.43. The van der Waals surface area contributed by atoms with E-state index >= 15 is 0 Å². The third kappa shape index (κ3) is 2.69. The minimum atomic E-state index is 0.107. The van der Waals surface area contributed by atoms with Crippen molar-refractivity contribution in [3.63, 3.8) is 0 Å². The third-order valence-electron chi connectivity index (χ3n) is 5.90. The fourth-order valence-corrected chi connectivity index (χ4v) is 5.03. The van der Waals surface area contributed by atoms with Crippen molar-refractivity contribution in [3.8, 4) is 0 Å². The van der Waals surface area contributed by atoms with E-state index in [0.29, 0.717) is 5.92 Å². The van der Waals surface area contributed by atoms with Gasteiger partial charge in [-0.25, -0.2) is 0 Å². The molecule has 0 amide bonds. The predicted octanol–water partition coefficient (Wildman–Crippen LogP) is 5.19. The van der Waals surface area contributed by atoms with Crippen molar-refractivity contribution < 1.29 is 4.42 Å².